The third kappa shape index (κ3) is 8.36. The molecule has 0 spiro atoms. The molecule has 13 heteroatoms. The summed E-state index contributed by atoms with van der Waals surface area (Å²) in [6.45, 7) is 13.9. The van der Waals surface area contributed by atoms with E-state index >= 15 is 0 Å². The zero-order chi connectivity index (χ0) is 30.3. The van der Waals surface area contributed by atoms with Gasteiger partial charge in [0.05, 0.1) is 17.7 Å². The molecule has 0 saturated heterocycles. The SMILES string of the molecule is C=Cc1c(C)c2cc3nc(c(C[C-]=O)c4[n-]c(cc5nc(cc1[n-]2)C(C)=C5CC)c(C)c4[C-]=O)C(CCC(=O)[O-])C3C.[Cu+2].[Na+].[Na+].[OH3+].[OH3+]. The Balaban J connectivity index is 0.00000423. The maximum Gasteiger partial charge on any atom is 2.00 e. The van der Waals surface area contributed by atoms with E-state index in [9.17, 15) is 19.5 Å². The number of carbonyl (C=O) groups excluding carboxylic acids is 3. The molecule has 2 unspecified atom stereocenters. The Morgan fingerprint density at radius 1 is 1.00 bits per heavy atom. The number of aliphatic carboxylic acids is 1. The van der Waals surface area contributed by atoms with Crippen molar-refractivity contribution in [3.05, 3.63) is 75.4 Å². The van der Waals surface area contributed by atoms with Gasteiger partial charge in [-0.05, 0) is 49.8 Å². The molecular weight excluding hydrogens is 670 g/mol. The summed E-state index contributed by atoms with van der Waals surface area (Å²) in [7, 11) is 0. The number of hydrogen-bond donors (Lipinski definition) is 0. The Kier molecular flexibility index (Phi) is 17.7. The van der Waals surface area contributed by atoms with Crippen LogP contribution >= 0.6 is 0 Å². The van der Waals surface area contributed by atoms with Crippen LogP contribution in [0.15, 0.2) is 24.8 Å². The van der Waals surface area contributed by atoms with Gasteiger partial charge in [-0.25, -0.2) is 10.5 Å². The molecule has 6 N–H and O–H groups in total. The molecule has 2 atom stereocenters. The minimum Gasteiger partial charge on any atom is -0.726 e. The Morgan fingerprint density at radius 2 is 1.64 bits per heavy atom. The van der Waals surface area contributed by atoms with Crippen LogP contribution in [-0.4, -0.2) is 28.5 Å². The normalized spacial score (nSPS) is 14.7. The third-order valence-electron chi connectivity index (χ3n) is 8.59. The maximum atomic E-state index is 12.3. The zero-order valence-electron chi connectivity index (χ0n) is 27.9. The van der Waals surface area contributed by atoms with Gasteiger partial charge in [0.15, 0.2) is 0 Å². The van der Waals surface area contributed by atoms with E-state index in [1.165, 1.54) is 0 Å². The van der Waals surface area contributed by atoms with Gasteiger partial charge in [-0.3, -0.25) is 11.3 Å². The monoisotopic (exact) mass is 706 g/mol. The van der Waals surface area contributed by atoms with Gasteiger partial charge in [-0.2, -0.15) is 16.6 Å². The summed E-state index contributed by atoms with van der Waals surface area (Å²) in [5.41, 5.74) is 10.3. The summed E-state index contributed by atoms with van der Waals surface area (Å²) in [5, 5.41) is 11.5. The predicted octanol–water partition coefficient (Wildman–Crippen LogP) is -3.14. The van der Waals surface area contributed by atoms with E-state index < -0.39 is 5.97 Å². The Hall–Kier alpha value is -2.15. The van der Waals surface area contributed by atoms with Crippen molar-refractivity contribution < 1.29 is 107 Å². The van der Waals surface area contributed by atoms with Crippen molar-refractivity contribution in [2.75, 3.05) is 0 Å². The minimum absolute atomic E-state index is 0. The van der Waals surface area contributed by atoms with E-state index in [-0.39, 0.29) is 124 Å². The molecule has 47 heavy (non-hydrogen) atoms. The van der Waals surface area contributed by atoms with E-state index in [0.29, 0.717) is 33.5 Å². The van der Waals surface area contributed by atoms with Crippen LogP contribution in [-0.2, 0) is 48.8 Å². The van der Waals surface area contributed by atoms with Gasteiger partial charge in [0.25, 0.3) is 0 Å². The topological polar surface area (TPSA) is 194 Å². The van der Waals surface area contributed by atoms with Crippen LogP contribution in [0.4, 0.5) is 0 Å². The summed E-state index contributed by atoms with van der Waals surface area (Å²) >= 11 is 0. The van der Waals surface area contributed by atoms with Crippen LogP contribution < -0.4 is 74.2 Å². The molecule has 0 saturated carbocycles. The van der Waals surface area contributed by atoms with Gasteiger partial charge >= 0.3 is 76.2 Å². The number of aromatic nitrogens is 4. The third-order valence-corrected chi connectivity index (χ3v) is 8.59. The molecule has 2 aliphatic heterocycles. The number of carboxylic acid groups (broad SMARTS) is 1. The van der Waals surface area contributed by atoms with Crippen LogP contribution in [0.2, 0.25) is 0 Å². The van der Waals surface area contributed by atoms with Gasteiger partial charge in [0, 0.05) is 29.2 Å². The molecule has 5 heterocycles. The fraction of sp³-hybridized carbons (Fsp3) is 0.324. The average Bonchev–Trinajstić information content (AvgIpc) is 3.63. The fourth-order valence-electron chi connectivity index (χ4n) is 6.14. The Morgan fingerprint density at radius 3 is 2.21 bits per heavy atom. The van der Waals surface area contributed by atoms with Crippen molar-refractivity contribution in [3.63, 3.8) is 0 Å². The maximum absolute atomic E-state index is 12.3. The predicted molar refractivity (Wildman–Crippen MR) is 171 cm³/mol. The molecule has 0 fully saturated rings. The number of carbonyl (C=O) groups is 1. The summed E-state index contributed by atoms with van der Waals surface area (Å²) < 4.78 is 0. The van der Waals surface area contributed by atoms with Crippen molar-refractivity contribution in [1.29, 1.82) is 0 Å². The van der Waals surface area contributed by atoms with Crippen LogP contribution in [0.3, 0.4) is 0 Å². The first-order chi connectivity index (χ1) is 20.1. The minimum atomic E-state index is -1.17. The Bertz CT molecular complexity index is 1860. The second-order valence-electron chi connectivity index (χ2n) is 10.9. The van der Waals surface area contributed by atoms with Gasteiger partial charge in [-0.1, -0.05) is 57.2 Å². The van der Waals surface area contributed by atoms with Gasteiger partial charge in [0.1, 0.15) is 0 Å². The molecule has 3 aromatic rings. The molecule has 8 bridgehead atoms. The molecule has 2 aliphatic rings. The molecule has 10 nitrogen and oxygen atoms in total. The number of rotatable bonds is 8. The zero-order valence-corrected chi connectivity index (χ0v) is 32.8. The average molecular weight is 707 g/mol. The van der Waals surface area contributed by atoms with Crippen molar-refractivity contribution in [2.24, 2.45) is 0 Å². The van der Waals surface area contributed by atoms with Crippen molar-refractivity contribution in [1.82, 2.24) is 19.9 Å². The molecule has 5 rings (SSSR count). The molecule has 241 valence electrons. The quantitative estimate of drug-likeness (QED) is 0.133. The number of aryl methyl sites for hydroxylation is 2. The number of hydrogen-bond acceptors (Lipinski definition) is 6. The number of carboxylic acids is 1. The summed E-state index contributed by atoms with van der Waals surface area (Å²) in [5.74, 6) is -1.73. The van der Waals surface area contributed by atoms with Crippen molar-refractivity contribution in [3.8, 4) is 0 Å². The largest absolute Gasteiger partial charge is 2.00 e. The molecule has 1 radical (unpaired) electrons. The van der Waals surface area contributed by atoms with Crippen LogP contribution in [0.5, 0.6) is 0 Å². The van der Waals surface area contributed by atoms with Crippen LogP contribution in [0.1, 0.15) is 102 Å². The fourth-order valence-corrected chi connectivity index (χ4v) is 6.14. The number of allylic oxidation sites excluding steroid dienone is 2. The van der Waals surface area contributed by atoms with E-state index in [1.807, 2.05) is 51.5 Å². The van der Waals surface area contributed by atoms with E-state index in [4.69, 9.17) is 19.9 Å². The van der Waals surface area contributed by atoms with Gasteiger partial charge in [-0.15, -0.1) is 23.0 Å². The van der Waals surface area contributed by atoms with Crippen molar-refractivity contribution >= 4 is 57.8 Å². The number of fused-ring (bicyclic) bond motifs is 8. The second kappa shape index (κ2) is 18.6. The van der Waals surface area contributed by atoms with Crippen LogP contribution in [0.25, 0.3) is 39.3 Å². The van der Waals surface area contributed by atoms with E-state index in [1.54, 1.807) is 13.0 Å². The van der Waals surface area contributed by atoms with E-state index in [2.05, 4.69) is 13.5 Å². The smallest absolute Gasteiger partial charge is 0.726 e. The first-order valence-electron chi connectivity index (χ1n) is 14.1. The van der Waals surface area contributed by atoms with Gasteiger partial charge in [0.2, 0.25) is 0 Å². The van der Waals surface area contributed by atoms with Crippen molar-refractivity contribution in [2.45, 2.75) is 72.1 Å². The standard InChI is InChI=1S/C34H33N4O4.Cu.2Na.2H2O/c1-7-21-17(3)26-13-28-19(5)23(9-10-32(41)42)33(37-28)24(11-12-39)34-25(16-40)20(6)29(38-34)15-31-22(8-2)18(4)27(36-31)14-30(21)35-26;;;;;/h7,13-15,19,23H,1,8-11H2,2-6H3,(H2-,35,36,37,38,40,41,42);;;;2*1H2/q-3;+2;2*+1;;. The molecule has 3 aromatic heterocycles. The first-order valence-corrected chi connectivity index (χ1v) is 14.1. The number of nitrogens with zero attached hydrogens (tertiary/aromatic N) is 4. The molecular formula is C34H37CuN4Na2O6+. The summed E-state index contributed by atoms with van der Waals surface area (Å²) in [6, 6.07) is 5.73. The van der Waals surface area contributed by atoms with Crippen LogP contribution in [0, 0.1) is 13.8 Å². The van der Waals surface area contributed by atoms with E-state index in [0.717, 1.165) is 51.1 Å². The Labute approximate surface area is 329 Å². The molecule has 0 aromatic carbocycles. The summed E-state index contributed by atoms with van der Waals surface area (Å²) in [4.78, 5) is 55.3. The first kappa shape index (κ1) is 44.8. The second-order valence-corrected chi connectivity index (χ2v) is 10.9. The summed E-state index contributed by atoms with van der Waals surface area (Å²) in [6.07, 6.45) is 6.40. The molecule has 0 aliphatic carbocycles. The molecule has 0 amide bonds. The van der Waals surface area contributed by atoms with Gasteiger partial charge < -0.3 is 40.4 Å².